The molecule has 4 atom stereocenters. The van der Waals surface area contributed by atoms with Crippen molar-refractivity contribution in [2.45, 2.75) is 64.7 Å². The molecule has 1 aromatic rings. The lowest BCUT2D eigenvalue weighted by molar-refractivity contribution is -0.131. The molecule has 1 aliphatic heterocycles. The Labute approximate surface area is 131 Å². The normalized spacial score (nSPS) is 32.2. The number of nitrogens with zero attached hydrogens (tertiary/aromatic N) is 1. The van der Waals surface area contributed by atoms with Crippen LogP contribution in [0.5, 0.6) is 0 Å². The summed E-state index contributed by atoms with van der Waals surface area (Å²) < 4.78 is 0. The fourth-order valence-electron chi connectivity index (χ4n) is 3.56. The monoisotopic (exact) mass is 306 g/mol. The Hall–Kier alpha value is -0.870. The number of hydrogen-bond donors (Lipinski definition) is 1. The highest BCUT2D eigenvalue weighted by molar-refractivity contribution is 7.10. The van der Waals surface area contributed by atoms with E-state index in [4.69, 9.17) is 0 Å². The average Bonchev–Trinajstić information content (AvgIpc) is 2.87. The van der Waals surface area contributed by atoms with Crippen LogP contribution in [0.3, 0.4) is 0 Å². The van der Waals surface area contributed by atoms with Gasteiger partial charge in [0.2, 0.25) is 5.91 Å². The van der Waals surface area contributed by atoms with Crippen LogP contribution in [0.25, 0.3) is 0 Å². The standard InChI is InChI=1S/C17H26N2OS/c1-4-6-12-10-14(12)19-16(15-7-5-8-21-15)18-13(17(19)20)9-11(2)3/h5,7-8,11-14,16,18H,4,6,9-10H2,1-3H3. The molecule has 2 aliphatic rings. The summed E-state index contributed by atoms with van der Waals surface area (Å²) >= 11 is 1.75. The zero-order valence-corrected chi connectivity index (χ0v) is 14.0. The number of rotatable bonds is 6. The lowest BCUT2D eigenvalue weighted by Crippen LogP contribution is -2.34. The van der Waals surface area contributed by atoms with E-state index in [0.717, 1.165) is 12.3 Å². The van der Waals surface area contributed by atoms with E-state index in [-0.39, 0.29) is 12.2 Å². The molecule has 1 aliphatic carbocycles. The molecule has 1 N–H and O–H groups in total. The molecule has 2 heterocycles. The summed E-state index contributed by atoms with van der Waals surface area (Å²) in [4.78, 5) is 16.3. The molecule has 1 saturated heterocycles. The smallest absolute Gasteiger partial charge is 0.241 e. The second-order valence-corrected chi connectivity index (χ2v) is 7.84. The van der Waals surface area contributed by atoms with Crippen molar-refractivity contribution >= 4 is 17.2 Å². The highest BCUT2D eigenvalue weighted by Gasteiger charge is 2.51. The molecule has 3 nitrogen and oxygen atoms in total. The Kier molecular flexibility index (Phi) is 4.36. The van der Waals surface area contributed by atoms with Crippen LogP contribution in [0.2, 0.25) is 0 Å². The van der Waals surface area contributed by atoms with Crippen molar-refractivity contribution < 1.29 is 4.79 Å². The minimum atomic E-state index is -0.0000217. The second kappa shape index (κ2) is 6.09. The molecule has 1 saturated carbocycles. The largest absolute Gasteiger partial charge is 0.317 e. The van der Waals surface area contributed by atoms with Gasteiger partial charge in [-0.3, -0.25) is 10.1 Å². The summed E-state index contributed by atoms with van der Waals surface area (Å²) in [5.74, 6) is 1.59. The van der Waals surface area contributed by atoms with Gasteiger partial charge in [-0.05, 0) is 42.5 Å². The Bertz CT molecular complexity index is 485. The molecular weight excluding hydrogens is 280 g/mol. The fourth-order valence-corrected chi connectivity index (χ4v) is 4.35. The van der Waals surface area contributed by atoms with E-state index in [1.54, 1.807) is 11.3 Å². The molecule has 1 aromatic heterocycles. The van der Waals surface area contributed by atoms with E-state index >= 15 is 0 Å². The van der Waals surface area contributed by atoms with Gasteiger partial charge in [0.1, 0.15) is 6.17 Å². The van der Waals surface area contributed by atoms with Crippen molar-refractivity contribution in [1.82, 2.24) is 10.2 Å². The maximum absolute atomic E-state index is 12.8. The molecule has 21 heavy (non-hydrogen) atoms. The van der Waals surface area contributed by atoms with E-state index in [1.165, 1.54) is 24.1 Å². The fraction of sp³-hybridized carbons (Fsp3) is 0.706. The minimum absolute atomic E-state index is 0.0000217. The van der Waals surface area contributed by atoms with Gasteiger partial charge in [-0.2, -0.15) is 0 Å². The molecule has 0 bridgehead atoms. The van der Waals surface area contributed by atoms with Gasteiger partial charge in [-0.1, -0.05) is 33.3 Å². The predicted molar refractivity (Wildman–Crippen MR) is 87.1 cm³/mol. The van der Waals surface area contributed by atoms with Crippen LogP contribution in [-0.2, 0) is 4.79 Å². The van der Waals surface area contributed by atoms with Gasteiger partial charge in [-0.25, -0.2) is 0 Å². The van der Waals surface area contributed by atoms with Crippen molar-refractivity contribution in [3.8, 4) is 0 Å². The minimum Gasteiger partial charge on any atom is -0.317 e. The summed E-state index contributed by atoms with van der Waals surface area (Å²) in [6.45, 7) is 6.61. The van der Waals surface area contributed by atoms with Crippen molar-refractivity contribution in [3.05, 3.63) is 22.4 Å². The van der Waals surface area contributed by atoms with Crippen LogP contribution < -0.4 is 5.32 Å². The molecule has 4 unspecified atom stereocenters. The number of carbonyl (C=O) groups excluding carboxylic acids is 1. The molecule has 0 spiro atoms. The Morgan fingerprint density at radius 3 is 2.90 bits per heavy atom. The van der Waals surface area contributed by atoms with Crippen LogP contribution in [0.1, 0.15) is 57.5 Å². The van der Waals surface area contributed by atoms with Gasteiger partial charge < -0.3 is 4.90 Å². The van der Waals surface area contributed by atoms with Gasteiger partial charge in [0.25, 0.3) is 0 Å². The summed E-state index contributed by atoms with van der Waals surface area (Å²) in [6.07, 6.45) is 4.70. The molecule has 3 rings (SSSR count). The molecule has 4 heteroatoms. The second-order valence-electron chi connectivity index (χ2n) is 6.86. The lowest BCUT2D eigenvalue weighted by Gasteiger charge is -2.24. The molecule has 116 valence electrons. The zero-order chi connectivity index (χ0) is 15.0. The van der Waals surface area contributed by atoms with E-state index in [0.29, 0.717) is 17.9 Å². The lowest BCUT2D eigenvalue weighted by atomic mass is 10.0. The first-order valence-electron chi connectivity index (χ1n) is 8.23. The molecular formula is C17H26N2OS. The highest BCUT2D eigenvalue weighted by atomic mass is 32.1. The number of nitrogens with one attached hydrogen (secondary N) is 1. The SMILES string of the molecule is CCCC1CC1N1C(=O)C(CC(C)C)NC1c1cccs1. The van der Waals surface area contributed by atoms with E-state index in [2.05, 4.69) is 48.5 Å². The maximum Gasteiger partial charge on any atom is 0.241 e. The van der Waals surface area contributed by atoms with Crippen LogP contribution in [0, 0.1) is 11.8 Å². The molecule has 1 amide bonds. The van der Waals surface area contributed by atoms with Gasteiger partial charge in [0.15, 0.2) is 0 Å². The molecule has 0 aromatic carbocycles. The Morgan fingerprint density at radius 2 is 2.29 bits per heavy atom. The third-order valence-electron chi connectivity index (χ3n) is 4.61. The number of amides is 1. The van der Waals surface area contributed by atoms with Crippen molar-refractivity contribution in [2.75, 3.05) is 0 Å². The summed E-state index contributed by atoms with van der Waals surface area (Å²) in [7, 11) is 0. The van der Waals surface area contributed by atoms with Gasteiger partial charge in [0.05, 0.1) is 6.04 Å². The van der Waals surface area contributed by atoms with E-state index in [9.17, 15) is 4.79 Å². The number of carbonyl (C=O) groups is 1. The third-order valence-corrected chi connectivity index (χ3v) is 5.54. The molecule has 2 fully saturated rings. The zero-order valence-electron chi connectivity index (χ0n) is 13.2. The summed E-state index contributed by atoms with van der Waals surface area (Å²) in [6, 6.07) is 4.70. The van der Waals surface area contributed by atoms with Gasteiger partial charge in [-0.15, -0.1) is 11.3 Å². The van der Waals surface area contributed by atoms with Crippen molar-refractivity contribution in [2.24, 2.45) is 11.8 Å². The topological polar surface area (TPSA) is 32.3 Å². The predicted octanol–water partition coefficient (Wildman–Crippen LogP) is 3.78. The van der Waals surface area contributed by atoms with Crippen LogP contribution >= 0.6 is 11.3 Å². The van der Waals surface area contributed by atoms with Crippen LogP contribution in [0.15, 0.2) is 17.5 Å². The van der Waals surface area contributed by atoms with E-state index < -0.39 is 0 Å². The van der Waals surface area contributed by atoms with E-state index in [1.807, 2.05) is 0 Å². The van der Waals surface area contributed by atoms with Crippen LogP contribution in [0.4, 0.5) is 0 Å². The quantitative estimate of drug-likeness (QED) is 0.867. The number of hydrogen-bond acceptors (Lipinski definition) is 3. The summed E-state index contributed by atoms with van der Waals surface area (Å²) in [5.41, 5.74) is 0. The Balaban J connectivity index is 1.78. The first-order chi connectivity index (χ1) is 10.1. The molecule has 0 radical (unpaired) electrons. The maximum atomic E-state index is 12.8. The van der Waals surface area contributed by atoms with Crippen molar-refractivity contribution in [3.63, 3.8) is 0 Å². The number of thiophene rings is 1. The van der Waals surface area contributed by atoms with Crippen LogP contribution in [-0.4, -0.2) is 22.9 Å². The first-order valence-corrected chi connectivity index (χ1v) is 9.11. The average molecular weight is 306 g/mol. The highest BCUT2D eigenvalue weighted by Crippen LogP contribution is 2.45. The third kappa shape index (κ3) is 3.02. The first kappa shape index (κ1) is 15.0. The van der Waals surface area contributed by atoms with Crippen molar-refractivity contribution in [1.29, 1.82) is 0 Å². The Morgan fingerprint density at radius 1 is 1.48 bits per heavy atom. The van der Waals surface area contributed by atoms with Gasteiger partial charge in [0, 0.05) is 10.9 Å². The summed E-state index contributed by atoms with van der Waals surface area (Å²) in [5, 5.41) is 5.70. The van der Waals surface area contributed by atoms with Gasteiger partial charge >= 0.3 is 0 Å².